The summed E-state index contributed by atoms with van der Waals surface area (Å²) in [5.74, 6) is -3.75. The number of sulfone groups is 1. The molecule has 5 rings (SSSR count). The van der Waals surface area contributed by atoms with Gasteiger partial charge >= 0.3 is 17.9 Å². The van der Waals surface area contributed by atoms with Crippen LogP contribution in [0.25, 0.3) is 0 Å². The van der Waals surface area contributed by atoms with Crippen LogP contribution < -0.4 is 15.8 Å². The number of carbonyl (C=O) groups excluding carboxylic acids is 6. The van der Waals surface area contributed by atoms with Crippen molar-refractivity contribution in [3.05, 3.63) is 29.8 Å². The van der Waals surface area contributed by atoms with Crippen LogP contribution in [-0.2, 0) is 48.1 Å². The fourth-order valence-electron chi connectivity index (χ4n) is 5.94. The second-order valence-corrected chi connectivity index (χ2v) is 16.4. The first-order valence-corrected chi connectivity index (χ1v) is 16.0. The van der Waals surface area contributed by atoms with Gasteiger partial charge in [-0.05, 0) is 45.4 Å². The quantitative estimate of drug-likeness (QED) is 0.155. The summed E-state index contributed by atoms with van der Waals surface area (Å²) in [5, 5.41) is 0.947. The number of esters is 3. The van der Waals surface area contributed by atoms with E-state index in [9.17, 15) is 37.2 Å². The van der Waals surface area contributed by atoms with Crippen molar-refractivity contribution in [3.63, 3.8) is 0 Å². The van der Waals surface area contributed by atoms with E-state index in [1.807, 2.05) is 0 Å². The molecule has 3 N–H and O–H groups in total. The topological polar surface area (TPSA) is 209 Å². The predicted octanol–water partition coefficient (Wildman–Crippen LogP) is -0.663. The third-order valence-corrected chi connectivity index (χ3v) is 12.7. The summed E-state index contributed by atoms with van der Waals surface area (Å²) < 4.78 is 38.3. The van der Waals surface area contributed by atoms with E-state index in [0.29, 0.717) is 5.56 Å². The molecule has 1 unspecified atom stereocenters. The smallest absolute Gasteiger partial charge is 0.333 e. The van der Waals surface area contributed by atoms with Crippen LogP contribution in [0.4, 0.5) is 0 Å². The molecule has 17 heteroatoms. The molecule has 1 aromatic carbocycles. The lowest BCUT2D eigenvalue weighted by Crippen LogP contribution is -2.71. The zero-order valence-corrected chi connectivity index (χ0v) is 26.1. The molecule has 4 heterocycles. The first-order valence-electron chi connectivity index (χ1n) is 13.6. The molecule has 4 aliphatic rings. The van der Waals surface area contributed by atoms with E-state index >= 15 is 0 Å². The number of nitrogens with two attached hydrogens (primary N) is 1. The van der Waals surface area contributed by atoms with E-state index < -0.39 is 96.7 Å². The van der Waals surface area contributed by atoms with Gasteiger partial charge in [0.25, 0.3) is 0 Å². The van der Waals surface area contributed by atoms with Gasteiger partial charge in [-0.15, -0.1) is 11.8 Å². The number of amides is 3. The van der Waals surface area contributed by atoms with Crippen LogP contribution in [0.15, 0.2) is 24.3 Å². The third kappa shape index (κ3) is 4.90. The van der Waals surface area contributed by atoms with E-state index in [0.717, 1.165) is 4.90 Å². The molecule has 6 atom stereocenters. The van der Waals surface area contributed by atoms with E-state index in [1.54, 1.807) is 13.8 Å². The Morgan fingerprint density at radius 3 is 2.18 bits per heavy atom. The maximum Gasteiger partial charge on any atom is 0.333 e. The average Bonchev–Trinajstić information content (AvgIpc) is 3.26. The second-order valence-electron chi connectivity index (χ2n) is 11.9. The minimum Gasteiger partial charge on any atom is -0.427 e. The first kappa shape index (κ1) is 31.7. The maximum absolute atomic E-state index is 13.1. The second kappa shape index (κ2) is 10.7. The molecule has 3 amide bonds. The Labute approximate surface area is 257 Å². The summed E-state index contributed by atoms with van der Waals surface area (Å²) in [5.41, 5.74) is 6.51. The molecule has 44 heavy (non-hydrogen) atoms. The highest BCUT2D eigenvalue weighted by Crippen LogP contribution is 2.51. The number of thioether (sulfide) groups is 1. The zero-order valence-electron chi connectivity index (χ0n) is 24.5. The molecule has 0 aliphatic carbocycles. The van der Waals surface area contributed by atoms with E-state index in [-0.39, 0.29) is 12.2 Å². The highest BCUT2D eigenvalue weighted by Gasteiger charge is 2.68. The highest BCUT2D eigenvalue weighted by atomic mass is 32.2. The SMILES string of the molecule is CC(=O)Oc1ccc(C(N)C(=O)N[C@@H]2C(=O)N3[C@@H]2SC(C)(C)[C@@H]3C(=O)OCOC(=O)[C@@H]2N3C(=O)C[C@H]3S(=O)(=O)C2(C)C)cc1. The number of carbonyl (C=O) groups is 6. The van der Waals surface area contributed by atoms with Crippen LogP contribution >= 0.6 is 11.8 Å². The molecular formula is C27H32N4O11S2. The van der Waals surface area contributed by atoms with Gasteiger partial charge in [-0.1, -0.05) is 12.1 Å². The number of rotatable bonds is 8. The van der Waals surface area contributed by atoms with Gasteiger partial charge in [0.1, 0.15) is 40.7 Å². The summed E-state index contributed by atoms with van der Waals surface area (Å²) in [4.78, 5) is 77.4. The monoisotopic (exact) mass is 652 g/mol. The Hall–Kier alpha value is -3.70. The van der Waals surface area contributed by atoms with Crippen LogP contribution in [0.3, 0.4) is 0 Å². The van der Waals surface area contributed by atoms with Gasteiger partial charge in [0.2, 0.25) is 24.5 Å². The van der Waals surface area contributed by atoms with Crippen molar-refractivity contribution in [1.29, 1.82) is 0 Å². The summed E-state index contributed by atoms with van der Waals surface area (Å²) in [6.45, 7) is 6.52. The van der Waals surface area contributed by atoms with Crippen LogP contribution in [0.5, 0.6) is 5.75 Å². The van der Waals surface area contributed by atoms with Crippen molar-refractivity contribution in [2.45, 2.75) is 85.4 Å². The third-order valence-electron chi connectivity index (χ3n) is 8.35. The molecule has 4 aliphatic heterocycles. The Kier molecular flexibility index (Phi) is 7.73. The number of β-lactam (4-membered cyclic amide) rings is 2. The van der Waals surface area contributed by atoms with E-state index in [1.165, 1.54) is 61.7 Å². The zero-order chi connectivity index (χ0) is 32.5. The van der Waals surface area contributed by atoms with E-state index in [2.05, 4.69) is 5.32 Å². The lowest BCUT2D eigenvalue weighted by Gasteiger charge is -2.44. The van der Waals surface area contributed by atoms with Crippen molar-refractivity contribution < 1.29 is 51.4 Å². The van der Waals surface area contributed by atoms with Gasteiger partial charge in [0.05, 0.1) is 11.2 Å². The predicted molar refractivity (Wildman–Crippen MR) is 152 cm³/mol. The fraction of sp³-hybridized carbons (Fsp3) is 0.556. The van der Waals surface area contributed by atoms with Crippen molar-refractivity contribution in [1.82, 2.24) is 15.1 Å². The molecule has 238 valence electrons. The van der Waals surface area contributed by atoms with Crippen molar-refractivity contribution >= 4 is 57.2 Å². The lowest BCUT2D eigenvalue weighted by atomic mass is 9.95. The Morgan fingerprint density at radius 2 is 1.61 bits per heavy atom. The summed E-state index contributed by atoms with van der Waals surface area (Å²) in [6, 6.07) is 1.47. The molecule has 0 bridgehead atoms. The van der Waals surface area contributed by atoms with Gasteiger partial charge < -0.3 is 35.1 Å². The number of nitrogens with one attached hydrogen (secondary N) is 1. The van der Waals surface area contributed by atoms with Gasteiger partial charge in [-0.2, -0.15) is 0 Å². The molecule has 0 aromatic heterocycles. The number of nitrogens with zero attached hydrogens (tertiary/aromatic N) is 2. The molecule has 15 nitrogen and oxygen atoms in total. The number of hydrogen-bond acceptors (Lipinski definition) is 13. The fourth-order valence-corrected chi connectivity index (χ4v) is 9.69. The Bertz CT molecular complexity index is 1560. The summed E-state index contributed by atoms with van der Waals surface area (Å²) >= 11 is 1.27. The number of hydrogen-bond donors (Lipinski definition) is 2. The normalized spacial score (nSPS) is 29.4. The van der Waals surface area contributed by atoms with Gasteiger partial charge in [-0.25, -0.2) is 18.0 Å². The number of fused-ring (bicyclic) bond motifs is 2. The van der Waals surface area contributed by atoms with Crippen LogP contribution in [-0.4, -0.2) is 99.0 Å². The molecular weight excluding hydrogens is 620 g/mol. The van der Waals surface area contributed by atoms with Crippen molar-refractivity contribution in [2.24, 2.45) is 5.73 Å². The van der Waals surface area contributed by atoms with Crippen molar-refractivity contribution in [3.8, 4) is 5.75 Å². The number of ether oxygens (including phenoxy) is 3. The average molecular weight is 653 g/mol. The summed E-state index contributed by atoms with van der Waals surface area (Å²) in [7, 11) is -3.82. The van der Waals surface area contributed by atoms with Crippen LogP contribution in [0.1, 0.15) is 52.6 Å². The largest absolute Gasteiger partial charge is 0.427 e. The first-order chi connectivity index (χ1) is 20.4. The number of benzene rings is 1. The Morgan fingerprint density at radius 1 is 1.02 bits per heavy atom. The minimum absolute atomic E-state index is 0.206. The molecule has 0 radical (unpaired) electrons. The van der Waals surface area contributed by atoms with Gasteiger partial charge in [0, 0.05) is 11.7 Å². The molecule has 0 saturated carbocycles. The maximum atomic E-state index is 13.1. The van der Waals surface area contributed by atoms with Crippen molar-refractivity contribution in [2.75, 3.05) is 6.79 Å². The van der Waals surface area contributed by atoms with E-state index in [4.69, 9.17) is 19.9 Å². The molecule has 1 aromatic rings. The lowest BCUT2D eigenvalue weighted by molar-refractivity contribution is -0.181. The van der Waals surface area contributed by atoms with Crippen LogP contribution in [0.2, 0.25) is 0 Å². The van der Waals surface area contributed by atoms with Gasteiger partial charge in [-0.3, -0.25) is 19.2 Å². The molecule has 4 saturated heterocycles. The van der Waals surface area contributed by atoms with Gasteiger partial charge in [0.15, 0.2) is 9.84 Å². The molecule has 4 fully saturated rings. The standard InChI is InChI=1S/C27H32N4O11S2/c1-12(32)42-14-8-6-13(7-9-14)17(28)21(34)29-18-22(35)31-19(26(2,3)43-23(18)31)24(36)40-11-41-25(37)20-27(4,5)44(38,39)16-10-15(33)30(16)20/h6-9,16-20,23H,10-11,28H2,1-5H3,(H,29,34)/t16-,17?,18-,19+,20+,23-/m1/s1. The summed E-state index contributed by atoms with van der Waals surface area (Å²) in [6.07, 6.45) is -0.206. The highest BCUT2D eigenvalue weighted by molar-refractivity contribution is 8.01. The Balaban J connectivity index is 1.17. The van der Waals surface area contributed by atoms with Crippen LogP contribution in [0, 0.1) is 0 Å². The molecule has 0 spiro atoms. The minimum atomic E-state index is -3.82.